The third-order valence-electron chi connectivity index (χ3n) is 4.26. The van der Waals surface area contributed by atoms with Crippen LogP contribution in [0.15, 0.2) is 24.3 Å². The van der Waals surface area contributed by atoms with E-state index in [1.54, 1.807) is 0 Å². The number of anilines is 1. The van der Waals surface area contributed by atoms with Crippen molar-refractivity contribution in [2.75, 3.05) is 37.7 Å². The summed E-state index contributed by atoms with van der Waals surface area (Å²) in [7, 11) is 0. The standard InChI is InChI=1S/C17H28N2O/c1-4-17(3,13-18-5-2)14-19-11-8-12-20-16-10-7-6-9-15(16)19/h6-7,9-10,18H,4-5,8,11-14H2,1-3H3. The molecule has 1 aliphatic heterocycles. The van der Waals surface area contributed by atoms with Crippen LogP contribution in [0, 0.1) is 5.41 Å². The van der Waals surface area contributed by atoms with Gasteiger partial charge in [0, 0.05) is 19.6 Å². The van der Waals surface area contributed by atoms with Gasteiger partial charge >= 0.3 is 0 Å². The van der Waals surface area contributed by atoms with Gasteiger partial charge in [-0.1, -0.05) is 32.9 Å². The monoisotopic (exact) mass is 276 g/mol. The van der Waals surface area contributed by atoms with Crippen LogP contribution in [0.25, 0.3) is 0 Å². The van der Waals surface area contributed by atoms with E-state index in [2.05, 4.69) is 55.3 Å². The summed E-state index contributed by atoms with van der Waals surface area (Å²) in [4.78, 5) is 2.50. The minimum absolute atomic E-state index is 0.299. The van der Waals surface area contributed by atoms with E-state index in [4.69, 9.17) is 4.74 Å². The van der Waals surface area contributed by atoms with Gasteiger partial charge in [-0.3, -0.25) is 0 Å². The predicted octanol–water partition coefficient (Wildman–Crippen LogP) is 3.30. The van der Waals surface area contributed by atoms with Crippen LogP contribution in [0.1, 0.15) is 33.6 Å². The van der Waals surface area contributed by atoms with Crippen molar-refractivity contribution in [1.82, 2.24) is 5.32 Å². The molecule has 0 spiro atoms. The molecule has 0 aromatic heterocycles. The Labute approximate surface area is 123 Å². The van der Waals surface area contributed by atoms with Crippen molar-refractivity contribution in [3.8, 4) is 5.75 Å². The topological polar surface area (TPSA) is 24.5 Å². The molecule has 0 fully saturated rings. The fourth-order valence-electron chi connectivity index (χ4n) is 2.74. The van der Waals surface area contributed by atoms with Crippen LogP contribution in [0.5, 0.6) is 5.75 Å². The molecule has 1 aromatic carbocycles. The smallest absolute Gasteiger partial charge is 0.142 e. The van der Waals surface area contributed by atoms with Gasteiger partial charge in [-0.05, 0) is 36.9 Å². The Bertz CT molecular complexity index is 421. The Morgan fingerprint density at radius 2 is 2.10 bits per heavy atom. The van der Waals surface area contributed by atoms with E-state index in [9.17, 15) is 0 Å². The zero-order valence-corrected chi connectivity index (χ0v) is 13.1. The number of rotatable bonds is 6. The van der Waals surface area contributed by atoms with E-state index in [0.29, 0.717) is 5.41 Å². The molecule has 112 valence electrons. The van der Waals surface area contributed by atoms with Crippen LogP contribution in [0.3, 0.4) is 0 Å². The Kier molecular flexibility index (Phi) is 5.30. The molecule has 0 saturated carbocycles. The highest BCUT2D eigenvalue weighted by Crippen LogP contribution is 2.33. The number of ether oxygens (including phenoxy) is 1. The number of fused-ring (bicyclic) bond motifs is 1. The molecule has 0 radical (unpaired) electrons. The lowest BCUT2D eigenvalue weighted by molar-refractivity contribution is 0.296. The molecule has 0 bridgehead atoms. The van der Waals surface area contributed by atoms with Crippen molar-refractivity contribution >= 4 is 5.69 Å². The molecule has 2 rings (SSSR count). The molecule has 0 saturated heterocycles. The number of hydrogen-bond acceptors (Lipinski definition) is 3. The average molecular weight is 276 g/mol. The second kappa shape index (κ2) is 6.98. The van der Waals surface area contributed by atoms with E-state index >= 15 is 0 Å². The molecule has 1 unspecified atom stereocenters. The summed E-state index contributed by atoms with van der Waals surface area (Å²) in [5, 5.41) is 3.51. The molecule has 20 heavy (non-hydrogen) atoms. The first-order valence-corrected chi connectivity index (χ1v) is 7.86. The van der Waals surface area contributed by atoms with Gasteiger partial charge in [0.05, 0.1) is 12.3 Å². The Morgan fingerprint density at radius 1 is 1.30 bits per heavy atom. The molecular weight excluding hydrogens is 248 g/mol. The first kappa shape index (κ1) is 15.2. The zero-order chi connectivity index (χ0) is 14.4. The fraction of sp³-hybridized carbons (Fsp3) is 0.647. The number of nitrogens with one attached hydrogen (secondary N) is 1. The maximum Gasteiger partial charge on any atom is 0.142 e. The second-order valence-corrected chi connectivity index (χ2v) is 6.04. The largest absolute Gasteiger partial charge is 0.491 e. The highest BCUT2D eigenvalue weighted by molar-refractivity contribution is 5.59. The van der Waals surface area contributed by atoms with Gasteiger partial charge in [-0.15, -0.1) is 0 Å². The molecule has 3 heteroatoms. The maximum atomic E-state index is 5.85. The van der Waals surface area contributed by atoms with Crippen molar-refractivity contribution in [3.63, 3.8) is 0 Å². The van der Waals surface area contributed by atoms with Crippen molar-refractivity contribution in [3.05, 3.63) is 24.3 Å². The molecule has 0 amide bonds. The summed E-state index contributed by atoms with van der Waals surface area (Å²) in [6.07, 6.45) is 2.27. The third kappa shape index (κ3) is 3.66. The van der Waals surface area contributed by atoms with Crippen molar-refractivity contribution in [2.24, 2.45) is 5.41 Å². The van der Waals surface area contributed by atoms with Gasteiger partial charge in [-0.25, -0.2) is 0 Å². The summed E-state index contributed by atoms with van der Waals surface area (Å²) in [5.74, 6) is 1.03. The quantitative estimate of drug-likeness (QED) is 0.863. The summed E-state index contributed by atoms with van der Waals surface area (Å²) < 4.78 is 5.85. The summed E-state index contributed by atoms with van der Waals surface area (Å²) in [5.41, 5.74) is 1.55. The first-order chi connectivity index (χ1) is 9.68. The van der Waals surface area contributed by atoms with Gasteiger partial charge in [0.15, 0.2) is 0 Å². The number of benzene rings is 1. The molecule has 1 heterocycles. The lowest BCUT2D eigenvalue weighted by Crippen LogP contribution is -2.42. The Hall–Kier alpha value is -1.22. The minimum atomic E-state index is 0.299. The SMILES string of the molecule is CCNCC(C)(CC)CN1CCCOc2ccccc21. The molecule has 1 N–H and O–H groups in total. The van der Waals surface area contributed by atoms with Crippen molar-refractivity contribution in [1.29, 1.82) is 0 Å². The van der Waals surface area contributed by atoms with Gasteiger partial charge in [0.2, 0.25) is 0 Å². The Morgan fingerprint density at radius 3 is 2.85 bits per heavy atom. The van der Waals surface area contributed by atoms with E-state index in [-0.39, 0.29) is 0 Å². The average Bonchev–Trinajstić information content (AvgIpc) is 2.68. The second-order valence-electron chi connectivity index (χ2n) is 6.04. The van der Waals surface area contributed by atoms with Crippen LogP contribution in [0.4, 0.5) is 5.69 Å². The highest BCUT2D eigenvalue weighted by Gasteiger charge is 2.27. The summed E-state index contributed by atoms with van der Waals surface area (Å²) >= 11 is 0. The zero-order valence-electron chi connectivity index (χ0n) is 13.1. The molecular formula is C17H28N2O. The van der Waals surface area contributed by atoms with E-state index in [1.165, 1.54) is 12.1 Å². The van der Waals surface area contributed by atoms with Gasteiger partial charge in [-0.2, -0.15) is 0 Å². The summed E-state index contributed by atoms with van der Waals surface area (Å²) in [6, 6.07) is 8.43. The molecule has 1 aromatic rings. The van der Waals surface area contributed by atoms with E-state index < -0.39 is 0 Å². The van der Waals surface area contributed by atoms with Crippen LogP contribution >= 0.6 is 0 Å². The number of para-hydroxylation sites is 2. The van der Waals surface area contributed by atoms with Crippen LogP contribution in [0.2, 0.25) is 0 Å². The molecule has 1 atom stereocenters. The van der Waals surface area contributed by atoms with E-state index in [0.717, 1.165) is 45.0 Å². The lowest BCUT2D eigenvalue weighted by Gasteiger charge is -2.36. The van der Waals surface area contributed by atoms with Crippen LogP contribution in [-0.2, 0) is 0 Å². The molecule has 1 aliphatic rings. The number of hydrogen-bond donors (Lipinski definition) is 1. The van der Waals surface area contributed by atoms with Crippen LogP contribution < -0.4 is 15.0 Å². The normalized spacial score (nSPS) is 17.9. The fourth-order valence-corrected chi connectivity index (χ4v) is 2.74. The first-order valence-electron chi connectivity index (χ1n) is 7.86. The minimum Gasteiger partial charge on any atom is -0.491 e. The van der Waals surface area contributed by atoms with Crippen LogP contribution in [-0.4, -0.2) is 32.8 Å². The summed E-state index contributed by atoms with van der Waals surface area (Å²) in [6.45, 7) is 11.9. The third-order valence-corrected chi connectivity index (χ3v) is 4.26. The van der Waals surface area contributed by atoms with E-state index in [1.807, 2.05) is 0 Å². The Balaban J connectivity index is 2.15. The van der Waals surface area contributed by atoms with Crippen molar-refractivity contribution in [2.45, 2.75) is 33.6 Å². The number of nitrogens with zero attached hydrogens (tertiary/aromatic N) is 1. The maximum absolute atomic E-state index is 5.85. The molecule has 0 aliphatic carbocycles. The molecule has 3 nitrogen and oxygen atoms in total. The van der Waals surface area contributed by atoms with Gasteiger partial charge in [0.25, 0.3) is 0 Å². The predicted molar refractivity (Wildman–Crippen MR) is 85.7 cm³/mol. The van der Waals surface area contributed by atoms with Gasteiger partial charge in [0.1, 0.15) is 5.75 Å². The van der Waals surface area contributed by atoms with Crippen molar-refractivity contribution < 1.29 is 4.74 Å². The highest BCUT2D eigenvalue weighted by atomic mass is 16.5. The lowest BCUT2D eigenvalue weighted by atomic mass is 9.86. The van der Waals surface area contributed by atoms with Gasteiger partial charge < -0.3 is 15.0 Å².